The van der Waals surface area contributed by atoms with E-state index in [2.05, 4.69) is 24.0 Å². The molecule has 0 aromatic carbocycles. The summed E-state index contributed by atoms with van der Waals surface area (Å²) in [5, 5.41) is 3.96. The Kier molecular flexibility index (Phi) is 3.17. The third kappa shape index (κ3) is 2.35. The normalized spacial score (nSPS) is 25.8. The molecule has 1 heterocycles. The number of H-pyrrole nitrogens is 1. The molecule has 5 heteroatoms. The van der Waals surface area contributed by atoms with E-state index in [-0.39, 0.29) is 5.92 Å². The molecular formula is C11H19N3OS. The SMILES string of the molecule is CC1(C)CCC([C@H](CN)c2noc(=S)[nH]2)C1. The van der Waals surface area contributed by atoms with Gasteiger partial charge in [0.25, 0.3) is 4.84 Å². The molecular weight excluding hydrogens is 222 g/mol. The molecule has 2 atom stereocenters. The van der Waals surface area contributed by atoms with Crippen molar-refractivity contribution in [2.45, 2.75) is 39.0 Å². The molecule has 0 amide bonds. The largest absolute Gasteiger partial charge is 0.330 e. The topological polar surface area (TPSA) is 67.8 Å². The van der Waals surface area contributed by atoms with Crippen molar-refractivity contribution in [1.82, 2.24) is 10.1 Å². The number of aromatic nitrogens is 2. The minimum absolute atomic E-state index is 0.252. The molecule has 2 rings (SSSR count). The molecule has 1 fully saturated rings. The van der Waals surface area contributed by atoms with E-state index < -0.39 is 0 Å². The highest BCUT2D eigenvalue weighted by Gasteiger charge is 2.36. The molecule has 90 valence electrons. The molecule has 1 aliphatic carbocycles. The zero-order valence-electron chi connectivity index (χ0n) is 9.82. The van der Waals surface area contributed by atoms with Crippen LogP contribution in [0.5, 0.6) is 0 Å². The number of nitrogens with zero attached hydrogens (tertiary/aromatic N) is 1. The summed E-state index contributed by atoms with van der Waals surface area (Å²) in [5.74, 6) is 1.66. The average Bonchev–Trinajstić information content (AvgIpc) is 2.75. The fourth-order valence-corrected chi connectivity index (χ4v) is 2.90. The van der Waals surface area contributed by atoms with E-state index >= 15 is 0 Å². The van der Waals surface area contributed by atoms with Crippen LogP contribution in [0.1, 0.15) is 44.9 Å². The molecule has 0 radical (unpaired) electrons. The van der Waals surface area contributed by atoms with Gasteiger partial charge < -0.3 is 10.3 Å². The minimum atomic E-state index is 0.252. The molecule has 1 saturated carbocycles. The van der Waals surface area contributed by atoms with Crippen LogP contribution in [0.3, 0.4) is 0 Å². The fourth-order valence-electron chi connectivity index (χ4n) is 2.76. The number of nitrogens with one attached hydrogen (secondary N) is 1. The average molecular weight is 241 g/mol. The standard InChI is InChI=1S/C11H19N3OS/c1-11(2)4-3-7(5-11)8(6-12)9-13-10(16)15-14-9/h7-8H,3-6,12H2,1-2H3,(H,13,14,16)/t7?,8-/m0/s1. The molecule has 0 bridgehead atoms. The van der Waals surface area contributed by atoms with Gasteiger partial charge in [0.05, 0.1) is 0 Å². The Bertz CT molecular complexity index is 409. The van der Waals surface area contributed by atoms with Crippen LogP contribution < -0.4 is 5.73 Å². The van der Waals surface area contributed by atoms with Gasteiger partial charge in [0.1, 0.15) is 0 Å². The van der Waals surface area contributed by atoms with Crippen LogP contribution in [0.2, 0.25) is 0 Å². The van der Waals surface area contributed by atoms with E-state index in [0.717, 1.165) is 5.82 Å². The summed E-state index contributed by atoms with van der Waals surface area (Å²) < 4.78 is 4.91. The summed E-state index contributed by atoms with van der Waals surface area (Å²) in [5.41, 5.74) is 6.28. The predicted molar refractivity (Wildman–Crippen MR) is 64.6 cm³/mol. The highest BCUT2D eigenvalue weighted by atomic mass is 32.1. The van der Waals surface area contributed by atoms with Gasteiger partial charge in [-0.05, 0) is 42.8 Å². The number of hydrogen-bond acceptors (Lipinski definition) is 4. The zero-order valence-corrected chi connectivity index (χ0v) is 10.6. The first-order valence-electron chi connectivity index (χ1n) is 5.78. The van der Waals surface area contributed by atoms with Gasteiger partial charge in [-0.25, -0.2) is 0 Å². The van der Waals surface area contributed by atoms with E-state index in [1.807, 2.05) is 0 Å². The molecule has 0 saturated heterocycles. The van der Waals surface area contributed by atoms with E-state index in [4.69, 9.17) is 22.5 Å². The summed E-state index contributed by atoms with van der Waals surface area (Å²) in [7, 11) is 0. The minimum Gasteiger partial charge on any atom is -0.330 e. The van der Waals surface area contributed by atoms with Crippen LogP contribution in [0.25, 0.3) is 0 Å². The third-order valence-corrected chi connectivity index (χ3v) is 3.81. The number of rotatable bonds is 3. The summed E-state index contributed by atoms with van der Waals surface area (Å²) in [6, 6.07) is 0. The van der Waals surface area contributed by atoms with Crippen molar-refractivity contribution in [3.05, 3.63) is 10.7 Å². The van der Waals surface area contributed by atoms with Crippen molar-refractivity contribution < 1.29 is 4.52 Å². The van der Waals surface area contributed by atoms with E-state index in [9.17, 15) is 0 Å². The van der Waals surface area contributed by atoms with Gasteiger partial charge in [-0.15, -0.1) is 0 Å². The Hall–Kier alpha value is -0.680. The fraction of sp³-hybridized carbons (Fsp3) is 0.818. The van der Waals surface area contributed by atoms with E-state index in [1.54, 1.807) is 0 Å². The smallest absolute Gasteiger partial charge is 0.294 e. The van der Waals surface area contributed by atoms with Gasteiger partial charge >= 0.3 is 0 Å². The Labute approximate surface area is 101 Å². The number of hydrogen-bond donors (Lipinski definition) is 2. The van der Waals surface area contributed by atoms with Crippen LogP contribution in [0, 0.1) is 16.2 Å². The van der Waals surface area contributed by atoms with Gasteiger partial charge in [0.15, 0.2) is 5.82 Å². The lowest BCUT2D eigenvalue weighted by Gasteiger charge is -2.21. The van der Waals surface area contributed by atoms with Crippen LogP contribution in [0.15, 0.2) is 4.52 Å². The quantitative estimate of drug-likeness (QED) is 0.798. The second-order valence-corrected chi connectivity index (χ2v) is 5.86. The predicted octanol–water partition coefficient (Wildman–Crippen LogP) is 2.60. The van der Waals surface area contributed by atoms with E-state index in [1.165, 1.54) is 19.3 Å². The molecule has 1 aliphatic rings. The number of nitrogens with two attached hydrogens (primary N) is 1. The first-order valence-corrected chi connectivity index (χ1v) is 6.18. The molecule has 16 heavy (non-hydrogen) atoms. The second-order valence-electron chi connectivity index (χ2n) is 5.49. The summed E-state index contributed by atoms with van der Waals surface area (Å²) in [6.07, 6.45) is 3.66. The van der Waals surface area contributed by atoms with Crippen LogP contribution in [-0.4, -0.2) is 16.7 Å². The monoisotopic (exact) mass is 241 g/mol. The molecule has 1 aromatic heterocycles. The highest BCUT2D eigenvalue weighted by molar-refractivity contribution is 7.71. The summed E-state index contributed by atoms with van der Waals surface area (Å²) >= 11 is 4.89. The zero-order chi connectivity index (χ0) is 11.8. The summed E-state index contributed by atoms with van der Waals surface area (Å²) in [4.78, 5) is 3.33. The lowest BCUT2D eigenvalue weighted by molar-refractivity contribution is 0.327. The second kappa shape index (κ2) is 4.30. The van der Waals surface area contributed by atoms with Crippen molar-refractivity contribution >= 4 is 12.2 Å². The maximum atomic E-state index is 5.85. The third-order valence-electron chi connectivity index (χ3n) is 3.64. The van der Waals surface area contributed by atoms with E-state index in [0.29, 0.717) is 22.7 Å². The van der Waals surface area contributed by atoms with Crippen LogP contribution >= 0.6 is 12.2 Å². The Morgan fingerprint density at radius 3 is 2.88 bits per heavy atom. The van der Waals surface area contributed by atoms with Gasteiger partial charge in [0, 0.05) is 12.5 Å². The van der Waals surface area contributed by atoms with Gasteiger partial charge in [-0.2, -0.15) is 0 Å². The highest BCUT2D eigenvalue weighted by Crippen LogP contribution is 2.46. The van der Waals surface area contributed by atoms with Crippen molar-refractivity contribution in [3.63, 3.8) is 0 Å². The maximum Gasteiger partial charge on any atom is 0.294 e. The Morgan fingerprint density at radius 1 is 1.69 bits per heavy atom. The van der Waals surface area contributed by atoms with Gasteiger partial charge in [-0.3, -0.25) is 4.98 Å². The maximum absolute atomic E-state index is 5.85. The number of aromatic amines is 1. The molecule has 0 aliphatic heterocycles. The van der Waals surface area contributed by atoms with Gasteiger partial charge in [-0.1, -0.05) is 19.0 Å². The van der Waals surface area contributed by atoms with Crippen molar-refractivity contribution in [2.24, 2.45) is 17.1 Å². The lowest BCUT2D eigenvalue weighted by atomic mass is 9.85. The first kappa shape index (κ1) is 11.8. The molecule has 0 spiro atoms. The molecule has 1 aromatic rings. The van der Waals surface area contributed by atoms with Crippen molar-refractivity contribution in [2.75, 3.05) is 6.54 Å². The van der Waals surface area contributed by atoms with Crippen LogP contribution in [-0.2, 0) is 0 Å². The van der Waals surface area contributed by atoms with Gasteiger partial charge in [0.2, 0.25) is 0 Å². The van der Waals surface area contributed by atoms with Crippen molar-refractivity contribution in [1.29, 1.82) is 0 Å². The first-order chi connectivity index (χ1) is 7.52. The van der Waals surface area contributed by atoms with Crippen LogP contribution in [0.4, 0.5) is 0 Å². The lowest BCUT2D eigenvalue weighted by Crippen LogP contribution is -2.22. The Balaban J connectivity index is 2.15. The van der Waals surface area contributed by atoms with Crippen molar-refractivity contribution in [3.8, 4) is 0 Å². The summed E-state index contributed by atoms with van der Waals surface area (Å²) in [6.45, 7) is 5.22. The molecule has 1 unspecified atom stereocenters. The molecule has 3 N–H and O–H groups in total. The molecule has 4 nitrogen and oxygen atoms in total. The Morgan fingerprint density at radius 2 is 2.44 bits per heavy atom.